The number of hydrogen-bond donors (Lipinski definition) is 1. The molecule has 2 aromatic rings. The summed E-state index contributed by atoms with van der Waals surface area (Å²) in [6.07, 6.45) is 1.70. The Kier molecular flexibility index (Phi) is 1.69. The molecule has 0 amide bonds. The van der Waals surface area contributed by atoms with Crippen molar-refractivity contribution in [3.05, 3.63) is 35.5 Å². The molecule has 1 aromatic carbocycles. The summed E-state index contributed by atoms with van der Waals surface area (Å²) in [5, 5.41) is 1.15. The van der Waals surface area contributed by atoms with E-state index >= 15 is 0 Å². The van der Waals surface area contributed by atoms with Crippen LogP contribution in [0.2, 0.25) is 0 Å². The van der Waals surface area contributed by atoms with Crippen LogP contribution in [0, 0.1) is 13.8 Å². The van der Waals surface area contributed by atoms with Gasteiger partial charge in [0.25, 0.3) is 0 Å². The number of nitrogens with zero attached hydrogens (tertiary/aromatic N) is 1. The van der Waals surface area contributed by atoms with E-state index in [-0.39, 0.29) is 0 Å². The van der Waals surface area contributed by atoms with Gasteiger partial charge in [0.15, 0.2) is 0 Å². The van der Waals surface area contributed by atoms with Crippen molar-refractivity contribution >= 4 is 16.6 Å². The lowest BCUT2D eigenvalue weighted by atomic mass is 10.1. The van der Waals surface area contributed by atoms with Gasteiger partial charge >= 0.3 is 0 Å². The fourth-order valence-electron chi connectivity index (χ4n) is 1.51. The topological polar surface area (TPSA) is 38.9 Å². The molecule has 0 radical (unpaired) electrons. The summed E-state index contributed by atoms with van der Waals surface area (Å²) < 4.78 is 0. The molecule has 0 aliphatic heterocycles. The largest absolute Gasteiger partial charge is 0.397 e. The fourth-order valence-corrected chi connectivity index (χ4v) is 1.51. The lowest BCUT2D eigenvalue weighted by Crippen LogP contribution is -1.90. The van der Waals surface area contributed by atoms with E-state index in [0.29, 0.717) is 0 Å². The highest BCUT2D eigenvalue weighted by Crippen LogP contribution is 2.21. The van der Waals surface area contributed by atoms with Crippen LogP contribution in [-0.4, -0.2) is 4.98 Å². The number of hydrogen-bond acceptors (Lipinski definition) is 2. The van der Waals surface area contributed by atoms with E-state index in [1.54, 1.807) is 6.20 Å². The Morgan fingerprint density at radius 2 is 1.85 bits per heavy atom. The third-order valence-electron chi connectivity index (χ3n) is 2.29. The highest BCUT2D eigenvalue weighted by atomic mass is 14.7. The summed E-state index contributed by atoms with van der Waals surface area (Å²) in [5.41, 5.74) is 9.87. The fraction of sp³-hybridized carbons (Fsp3) is 0.182. The lowest BCUT2D eigenvalue weighted by molar-refractivity contribution is 1.35. The smallest absolute Gasteiger partial charge is 0.0735 e. The molecule has 0 bridgehead atoms. The molecule has 1 heterocycles. The first kappa shape index (κ1) is 8.05. The molecule has 13 heavy (non-hydrogen) atoms. The lowest BCUT2D eigenvalue weighted by Gasteiger charge is -2.04. The number of aryl methyl sites for hydroxylation is 2. The molecule has 2 heteroatoms. The second-order valence-electron chi connectivity index (χ2n) is 3.36. The van der Waals surface area contributed by atoms with E-state index < -0.39 is 0 Å². The van der Waals surface area contributed by atoms with Crippen molar-refractivity contribution in [2.75, 3.05) is 5.73 Å². The van der Waals surface area contributed by atoms with Crippen LogP contribution in [0.4, 0.5) is 5.69 Å². The summed E-state index contributed by atoms with van der Waals surface area (Å²) in [5.74, 6) is 0. The van der Waals surface area contributed by atoms with Gasteiger partial charge in [-0.25, -0.2) is 0 Å². The third-order valence-corrected chi connectivity index (χ3v) is 2.29. The second-order valence-corrected chi connectivity index (χ2v) is 3.36. The molecule has 0 aliphatic carbocycles. The first-order chi connectivity index (χ1) is 6.18. The molecular weight excluding hydrogens is 160 g/mol. The van der Waals surface area contributed by atoms with E-state index in [4.69, 9.17) is 5.73 Å². The highest BCUT2D eigenvalue weighted by Gasteiger charge is 2.01. The first-order valence-electron chi connectivity index (χ1n) is 4.30. The molecule has 0 saturated carbocycles. The van der Waals surface area contributed by atoms with Crippen LogP contribution in [-0.2, 0) is 0 Å². The molecule has 0 saturated heterocycles. The van der Waals surface area contributed by atoms with Crippen LogP contribution in [0.1, 0.15) is 11.1 Å². The molecule has 0 spiro atoms. The minimum Gasteiger partial charge on any atom is -0.397 e. The van der Waals surface area contributed by atoms with Crippen LogP contribution in [0.15, 0.2) is 24.4 Å². The average Bonchev–Trinajstić information content (AvgIpc) is 2.12. The van der Waals surface area contributed by atoms with Crippen LogP contribution in [0.25, 0.3) is 10.9 Å². The number of aromatic nitrogens is 1. The Labute approximate surface area is 77.4 Å². The average molecular weight is 172 g/mol. The summed E-state index contributed by atoms with van der Waals surface area (Å²) in [6, 6.07) is 6.16. The predicted molar refractivity (Wildman–Crippen MR) is 55.6 cm³/mol. The van der Waals surface area contributed by atoms with Crippen LogP contribution in [0.5, 0.6) is 0 Å². The van der Waals surface area contributed by atoms with Crippen molar-refractivity contribution < 1.29 is 0 Å². The number of pyridine rings is 1. The molecule has 0 unspecified atom stereocenters. The van der Waals surface area contributed by atoms with Gasteiger partial charge in [0.1, 0.15) is 0 Å². The van der Waals surface area contributed by atoms with Crippen LogP contribution < -0.4 is 5.73 Å². The van der Waals surface area contributed by atoms with Crippen molar-refractivity contribution in [1.82, 2.24) is 4.98 Å². The van der Waals surface area contributed by atoms with Gasteiger partial charge in [-0.2, -0.15) is 0 Å². The molecule has 0 fully saturated rings. The molecule has 2 N–H and O–H groups in total. The number of anilines is 1. The van der Waals surface area contributed by atoms with Gasteiger partial charge in [-0.1, -0.05) is 12.1 Å². The maximum atomic E-state index is 5.68. The van der Waals surface area contributed by atoms with Crippen molar-refractivity contribution in [1.29, 1.82) is 0 Å². The van der Waals surface area contributed by atoms with E-state index in [1.807, 2.05) is 6.07 Å². The Morgan fingerprint density at radius 1 is 1.15 bits per heavy atom. The highest BCUT2D eigenvalue weighted by molar-refractivity contribution is 5.86. The zero-order chi connectivity index (χ0) is 9.42. The van der Waals surface area contributed by atoms with E-state index in [2.05, 4.69) is 31.0 Å². The Hall–Kier alpha value is -1.57. The SMILES string of the molecule is Cc1ccc(C)c2ncc(N)cc12. The van der Waals surface area contributed by atoms with E-state index in [9.17, 15) is 0 Å². The molecule has 2 rings (SSSR count). The zero-order valence-corrected chi connectivity index (χ0v) is 7.83. The molecule has 1 aromatic heterocycles. The van der Waals surface area contributed by atoms with Gasteiger partial charge in [-0.15, -0.1) is 0 Å². The number of benzene rings is 1. The monoisotopic (exact) mass is 172 g/mol. The molecule has 0 atom stereocenters. The second kappa shape index (κ2) is 2.73. The van der Waals surface area contributed by atoms with Crippen molar-refractivity contribution in [3.63, 3.8) is 0 Å². The maximum absolute atomic E-state index is 5.68. The van der Waals surface area contributed by atoms with Gasteiger partial charge in [0, 0.05) is 5.39 Å². The Bertz CT molecular complexity index is 461. The van der Waals surface area contributed by atoms with Gasteiger partial charge < -0.3 is 5.73 Å². The standard InChI is InChI=1S/C11H12N2/c1-7-3-4-8(2)11-10(7)5-9(12)6-13-11/h3-6H,12H2,1-2H3. The van der Waals surface area contributed by atoms with Gasteiger partial charge in [-0.05, 0) is 31.0 Å². The first-order valence-corrected chi connectivity index (χ1v) is 4.30. The number of nitrogen functional groups attached to an aromatic ring is 1. The van der Waals surface area contributed by atoms with Crippen molar-refractivity contribution in [2.24, 2.45) is 0 Å². The minimum absolute atomic E-state index is 0.723. The van der Waals surface area contributed by atoms with Gasteiger partial charge in [0.2, 0.25) is 0 Å². The van der Waals surface area contributed by atoms with E-state index in [0.717, 1.165) is 16.6 Å². The molecule has 0 aliphatic rings. The predicted octanol–water partition coefficient (Wildman–Crippen LogP) is 2.43. The minimum atomic E-state index is 0.723. The summed E-state index contributed by atoms with van der Waals surface area (Å²) in [4.78, 5) is 4.32. The number of rotatable bonds is 0. The van der Waals surface area contributed by atoms with Gasteiger partial charge in [0.05, 0.1) is 17.4 Å². The number of nitrogens with two attached hydrogens (primary N) is 1. The summed E-state index contributed by atoms with van der Waals surface area (Å²) >= 11 is 0. The van der Waals surface area contributed by atoms with Crippen molar-refractivity contribution in [2.45, 2.75) is 13.8 Å². The molecule has 66 valence electrons. The normalized spacial score (nSPS) is 10.6. The third kappa shape index (κ3) is 1.24. The summed E-state index contributed by atoms with van der Waals surface area (Å²) in [6.45, 7) is 4.13. The van der Waals surface area contributed by atoms with Gasteiger partial charge in [-0.3, -0.25) is 4.98 Å². The van der Waals surface area contributed by atoms with E-state index in [1.165, 1.54) is 11.1 Å². The molecular formula is C11H12N2. The van der Waals surface area contributed by atoms with Crippen LogP contribution >= 0.6 is 0 Å². The maximum Gasteiger partial charge on any atom is 0.0735 e. The zero-order valence-electron chi connectivity index (χ0n) is 7.83. The van der Waals surface area contributed by atoms with Crippen molar-refractivity contribution in [3.8, 4) is 0 Å². The Morgan fingerprint density at radius 3 is 2.62 bits per heavy atom. The Balaban J connectivity index is 2.92. The molecule has 2 nitrogen and oxygen atoms in total. The number of fused-ring (bicyclic) bond motifs is 1. The summed E-state index contributed by atoms with van der Waals surface area (Å²) in [7, 11) is 0. The quantitative estimate of drug-likeness (QED) is 0.662. The van der Waals surface area contributed by atoms with Crippen LogP contribution in [0.3, 0.4) is 0 Å².